The maximum absolute atomic E-state index is 11.9. The van der Waals surface area contributed by atoms with Crippen molar-refractivity contribution in [3.8, 4) is 5.75 Å². The van der Waals surface area contributed by atoms with Gasteiger partial charge in [0, 0.05) is 11.3 Å². The van der Waals surface area contributed by atoms with Gasteiger partial charge in [0.2, 0.25) is 5.91 Å². The van der Waals surface area contributed by atoms with Gasteiger partial charge in [-0.05, 0) is 44.9 Å². The van der Waals surface area contributed by atoms with E-state index in [0.29, 0.717) is 18.8 Å². The third-order valence-corrected chi connectivity index (χ3v) is 3.44. The Morgan fingerprint density at radius 1 is 1.29 bits per heavy atom. The highest BCUT2D eigenvalue weighted by Crippen LogP contribution is 2.19. The number of nitrogens with zero attached hydrogens (tertiary/aromatic N) is 1. The molecule has 2 rings (SSSR count). The first-order valence-electron chi connectivity index (χ1n) is 6.99. The molecule has 5 nitrogen and oxygen atoms in total. The lowest BCUT2D eigenvalue weighted by molar-refractivity contribution is -0.116. The van der Waals surface area contributed by atoms with Crippen molar-refractivity contribution in [3.63, 3.8) is 0 Å². The van der Waals surface area contributed by atoms with Gasteiger partial charge in [0.15, 0.2) is 5.82 Å². The maximum Gasteiger partial charge on any atom is 0.229 e. The van der Waals surface area contributed by atoms with Gasteiger partial charge in [-0.25, -0.2) is 0 Å². The van der Waals surface area contributed by atoms with Gasteiger partial charge in [0.25, 0.3) is 0 Å². The number of aromatic amines is 1. The Kier molecular flexibility index (Phi) is 4.62. The van der Waals surface area contributed by atoms with E-state index in [-0.39, 0.29) is 5.91 Å². The Morgan fingerprint density at radius 3 is 2.71 bits per heavy atom. The molecule has 0 spiro atoms. The fraction of sp³-hybridized carbons (Fsp3) is 0.375. The van der Waals surface area contributed by atoms with Gasteiger partial charge < -0.3 is 10.1 Å². The summed E-state index contributed by atoms with van der Waals surface area (Å²) in [6.45, 7) is 8.19. The third-order valence-electron chi connectivity index (χ3n) is 3.44. The highest BCUT2D eigenvalue weighted by molar-refractivity contribution is 5.90. The molecular formula is C16H21N3O2. The summed E-state index contributed by atoms with van der Waals surface area (Å²) < 4.78 is 5.67. The molecule has 1 amide bonds. The second kappa shape index (κ2) is 6.43. The Hall–Kier alpha value is -2.30. The molecule has 112 valence electrons. The minimum atomic E-state index is -0.102. The predicted octanol–water partition coefficient (Wildman–Crippen LogP) is 3.05. The normalized spacial score (nSPS) is 10.5. The topological polar surface area (TPSA) is 67.0 Å². The van der Waals surface area contributed by atoms with Gasteiger partial charge in [-0.2, -0.15) is 5.10 Å². The molecule has 0 unspecified atom stereocenters. The molecule has 1 aromatic heterocycles. The molecule has 0 aliphatic heterocycles. The van der Waals surface area contributed by atoms with Crippen LogP contribution < -0.4 is 10.1 Å². The Labute approximate surface area is 124 Å². The standard InChI is InChI=1S/C16H21N3O2/c1-10-5-6-11(2)14(9-10)21-8-7-15(20)17-16-12(3)13(4)18-19-16/h5-6,9H,7-8H2,1-4H3,(H2,17,18,19,20). The molecule has 0 saturated carbocycles. The van der Waals surface area contributed by atoms with Crippen molar-refractivity contribution in [2.45, 2.75) is 34.1 Å². The van der Waals surface area contributed by atoms with Crippen LogP contribution in [0.25, 0.3) is 0 Å². The molecule has 0 aliphatic carbocycles. The third kappa shape index (κ3) is 3.84. The molecule has 0 aliphatic rings. The summed E-state index contributed by atoms with van der Waals surface area (Å²) >= 11 is 0. The summed E-state index contributed by atoms with van der Waals surface area (Å²) in [6, 6.07) is 6.03. The van der Waals surface area contributed by atoms with E-state index in [1.165, 1.54) is 0 Å². The number of amides is 1. The van der Waals surface area contributed by atoms with Crippen molar-refractivity contribution >= 4 is 11.7 Å². The Bertz CT molecular complexity index is 647. The fourth-order valence-electron chi connectivity index (χ4n) is 1.92. The van der Waals surface area contributed by atoms with Crippen molar-refractivity contribution in [1.29, 1.82) is 0 Å². The highest BCUT2D eigenvalue weighted by Gasteiger charge is 2.09. The number of aromatic nitrogens is 2. The molecule has 1 heterocycles. The van der Waals surface area contributed by atoms with E-state index in [0.717, 1.165) is 28.1 Å². The number of rotatable bonds is 5. The Morgan fingerprint density at radius 2 is 2.05 bits per heavy atom. The summed E-state index contributed by atoms with van der Waals surface area (Å²) in [7, 11) is 0. The summed E-state index contributed by atoms with van der Waals surface area (Å²) in [5, 5.41) is 9.67. The quantitative estimate of drug-likeness (QED) is 0.888. The SMILES string of the molecule is Cc1ccc(C)c(OCCC(=O)Nc2n[nH]c(C)c2C)c1. The zero-order chi connectivity index (χ0) is 15.4. The number of carbonyl (C=O) groups is 1. The number of anilines is 1. The van der Waals surface area contributed by atoms with Crippen molar-refractivity contribution in [3.05, 3.63) is 40.6 Å². The van der Waals surface area contributed by atoms with Crippen LogP contribution in [0, 0.1) is 27.7 Å². The lowest BCUT2D eigenvalue weighted by atomic mass is 10.1. The van der Waals surface area contributed by atoms with Crippen molar-refractivity contribution in [2.75, 3.05) is 11.9 Å². The van der Waals surface area contributed by atoms with Crippen LogP contribution in [0.5, 0.6) is 5.75 Å². The van der Waals surface area contributed by atoms with Crippen LogP contribution in [0.4, 0.5) is 5.82 Å². The number of carbonyl (C=O) groups excluding carboxylic acids is 1. The van der Waals surface area contributed by atoms with Crippen LogP contribution in [0.15, 0.2) is 18.2 Å². The first-order valence-corrected chi connectivity index (χ1v) is 6.99. The number of nitrogens with one attached hydrogen (secondary N) is 2. The van der Waals surface area contributed by atoms with E-state index in [2.05, 4.69) is 15.5 Å². The molecule has 21 heavy (non-hydrogen) atoms. The number of ether oxygens (including phenoxy) is 1. The molecule has 2 N–H and O–H groups in total. The van der Waals surface area contributed by atoms with E-state index < -0.39 is 0 Å². The van der Waals surface area contributed by atoms with Crippen LogP contribution in [0.1, 0.15) is 28.8 Å². The van der Waals surface area contributed by atoms with Crippen molar-refractivity contribution in [2.24, 2.45) is 0 Å². The second-order valence-corrected chi connectivity index (χ2v) is 5.24. The van der Waals surface area contributed by atoms with Crippen LogP contribution in [0.2, 0.25) is 0 Å². The molecule has 5 heteroatoms. The first-order chi connectivity index (χ1) is 9.97. The van der Waals surface area contributed by atoms with Crippen LogP contribution >= 0.6 is 0 Å². The number of H-pyrrole nitrogens is 1. The number of aryl methyl sites for hydroxylation is 3. The second-order valence-electron chi connectivity index (χ2n) is 5.24. The molecule has 0 saturated heterocycles. The molecule has 0 atom stereocenters. The zero-order valence-electron chi connectivity index (χ0n) is 12.9. The summed E-state index contributed by atoms with van der Waals surface area (Å²) in [6.07, 6.45) is 0.290. The average Bonchev–Trinajstić information content (AvgIpc) is 2.75. The minimum absolute atomic E-state index is 0.102. The number of benzene rings is 1. The maximum atomic E-state index is 11.9. The van der Waals surface area contributed by atoms with E-state index in [1.807, 2.05) is 45.9 Å². The summed E-state index contributed by atoms with van der Waals surface area (Å²) in [5.41, 5.74) is 4.12. The lowest BCUT2D eigenvalue weighted by Crippen LogP contribution is -2.16. The van der Waals surface area contributed by atoms with E-state index in [4.69, 9.17) is 4.74 Å². The van der Waals surface area contributed by atoms with E-state index in [1.54, 1.807) is 0 Å². The van der Waals surface area contributed by atoms with Gasteiger partial charge in [-0.3, -0.25) is 9.89 Å². The molecule has 0 radical (unpaired) electrons. The van der Waals surface area contributed by atoms with Crippen LogP contribution in [0.3, 0.4) is 0 Å². The fourth-order valence-corrected chi connectivity index (χ4v) is 1.92. The van der Waals surface area contributed by atoms with E-state index in [9.17, 15) is 4.79 Å². The first kappa shape index (κ1) is 15.1. The van der Waals surface area contributed by atoms with Crippen LogP contribution in [-0.2, 0) is 4.79 Å². The van der Waals surface area contributed by atoms with Gasteiger partial charge in [0.1, 0.15) is 5.75 Å². The monoisotopic (exact) mass is 287 g/mol. The molecule has 1 aromatic carbocycles. The molecular weight excluding hydrogens is 266 g/mol. The summed E-state index contributed by atoms with van der Waals surface area (Å²) in [5.74, 6) is 1.31. The highest BCUT2D eigenvalue weighted by atomic mass is 16.5. The summed E-state index contributed by atoms with van der Waals surface area (Å²) in [4.78, 5) is 11.9. The van der Waals surface area contributed by atoms with Gasteiger partial charge >= 0.3 is 0 Å². The largest absolute Gasteiger partial charge is 0.493 e. The van der Waals surface area contributed by atoms with Gasteiger partial charge in [-0.1, -0.05) is 12.1 Å². The predicted molar refractivity (Wildman–Crippen MR) is 82.7 cm³/mol. The number of hydrogen-bond acceptors (Lipinski definition) is 3. The average molecular weight is 287 g/mol. The molecule has 0 bridgehead atoms. The van der Waals surface area contributed by atoms with Gasteiger partial charge in [0.05, 0.1) is 13.0 Å². The smallest absolute Gasteiger partial charge is 0.229 e. The molecule has 0 fully saturated rings. The lowest BCUT2D eigenvalue weighted by Gasteiger charge is -2.09. The van der Waals surface area contributed by atoms with Gasteiger partial charge in [-0.15, -0.1) is 0 Å². The van der Waals surface area contributed by atoms with Crippen molar-refractivity contribution in [1.82, 2.24) is 10.2 Å². The van der Waals surface area contributed by atoms with Crippen molar-refractivity contribution < 1.29 is 9.53 Å². The zero-order valence-corrected chi connectivity index (χ0v) is 12.9. The number of hydrogen-bond donors (Lipinski definition) is 2. The Balaban J connectivity index is 1.84. The van der Waals surface area contributed by atoms with Crippen LogP contribution in [-0.4, -0.2) is 22.7 Å². The molecule has 2 aromatic rings. The minimum Gasteiger partial charge on any atom is -0.493 e. The van der Waals surface area contributed by atoms with E-state index >= 15 is 0 Å².